The lowest BCUT2D eigenvalue weighted by atomic mass is 10.2. The van der Waals surface area contributed by atoms with Crippen LogP contribution in [0.25, 0.3) is 0 Å². The first-order chi connectivity index (χ1) is 5.72. The predicted molar refractivity (Wildman–Crippen MR) is 52.5 cm³/mol. The highest BCUT2D eigenvalue weighted by atomic mass is 32.2. The van der Waals surface area contributed by atoms with Gasteiger partial charge in [-0.3, -0.25) is 10.2 Å². The van der Waals surface area contributed by atoms with Gasteiger partial charge in [-0.25, -0.2) is 5.84 Å². The summed E-state index contributed by atoms with van der Waals surface area (Å²) in [5.41, 5.74) is 7.45. The number of rotatable bonds is 6. The number of nitrogens with one attached hydrogen (secondary N) is 1. The highest BCUT2D eigenvalue weighted by molar-refractivity contribution is 7.99. The molecule has 0 fully saturated rings. The first-order valence-corrected chi connectivity index (χ1v) is 5.16. The normalized spacial score (nSPS) is 12.6. The average molecular weight is 191 g/mol. The molecule has 0 heterocycles. The van der Waals surface area contributed by atoms with Crippen molar-refractivity contribution in [2.24, 2.45) is 17.5 Å². The van der Waals surface area contributed by atoms with Crippen LogP contribution < -0.4 is 17.0 Å². The molecule has 0 spiro atoms. The fraction of sp³-hybridized carbons (Fsp3) is 0.857. The van der Waals surface area contributed by atoms with Crippen LogP contribution in [0.15, 0.2) is 0 Å². The molecular formula is C7H17N3OS. The van der Waals surface area contributed by atoms with Gasteiger partial charge in [-0.05, 0) is 18.7 Å². The Morgan fingerprint density at radius 3 is 2.83 bits per heavy atom. The molecule has 0 aromatic rings. The van der Waals surface area contributed by atoms with Crippen LogP contribution in [0, 0.1) is 5.92 Å². The minimum absolute atomic E-state index is 0.0159. The van der Waals surface area contributed by atoms with Crippen LogP contribution in [0.1, 0.15) is 13.3 Å². The zero-order valence-corrected chi connectivity index (χ0v) is 8.19. The van der Waals surface area contributed by atoms with Crippen LogP contribution >= 0.6 is 11.8 Å². The summed E-state index contributed by atoms with van der Waals surface area (Å²) in [6, 6.07) is 0. The zero-order valence-electron chi connectivity index (χ0n) is 7.38. The summed E-state index contributed by atoms with van der Waals surface area (Å²) in [6.07, 6.45) is 1.00. The lowest BCUT2D eigenvalue weighted by Gasteiger charge is -2.08. The Bertz CT molecular complexity index is 132. The molecule has 1 amide bonds. The number of carbonyl (C=O) groups excluding carboxylic acids is 1. The van der Waals surface area contributed by atoms with Crippen molar-refractivity contribution in [3.8, 4) is 0 Å². The molecule has 1 atom stereocenters. The van der Waals surface area contributed by atoms with Crippen LogP contribution in [-0.4, -0.2) is 24.0 Å². The monoisotopic (exact) mass is 191 g/mol. The Kier molecular flexibility index (Phi) is 7.23. The number of amides is 1. The molecule has 0 bridgehead atoms. The fourth-order valence-corrected chi connectivity index (χ4v) is 1.71. The van der Waals surface area contributed by atoms with E-state index < -0.39 is 0 Å². The molecule has 0 radical (unpaired) electrons. The van der Waals surface area contributed by atoms with Gasteiger partial charge in [-0.15, -0.1) is 0 Å². The molecule has 0 saturated carbocycles. The summed E-state index contributed by atoms with van der Waals surface area (Å²) in [6.45, 7) is 2.57. The standard InChI is InChI=1S/C7H17N3OS/c1-6(7(11)10-9)5-12-4-2-3-8/h6H,2-5,8-9H2,1H3,(H,10,11). The largest absolute Gasteiger partial charge is 0.330 e. The fourth-order valence-electron chi connectivity index (χ4n) is 0.663. The van der Waals surface area contributed by atoms with Gasteiger partial charge in [0.25, 0.3) is 0 Å². The second-order valence-electron chi connectivity index (χ2n) is 2.63. The maximum absolute atomic E-state index is 10.9. The molecule has 5 N–H and O–H groups in total. The summed E-state index contributed by atoms with van der Waals surface area (Å²) in [5, 5.41) is 0. The van der Waals surface area contributed by atoms with E-state index in [1.807, 2.05) is 6.92 Å². The van der Waals surface area contributed by atoms with Crippen molar-refractivity contribution in [2.45, 2.75) is 13.3 Å². The van der Waals surface area contributed by atoms with Gasteiger partial charge in [-0.1, -0.05) is 6.92 Å². The van der Waals surface area contributed by atoms with E-state index in [4.69, 9.17) is 11.6 Å². The summed E-state index contributed by atoms with van der Waals surface area (Å²) in [5.74, 6) is 6.68. The number of thioether (sulfide) groups is 1. The van der Waals surface area contributed by atoms with E-state index in [0.29, 0.717) is 6.54 Å². The molecule has 5 heteroatoms. The SMILES string of the molecule is CC(CSCCCN)C(=O)NN. The number of hydrogen-bond donors (Lipinski definition) is 3. The first kappa shape index (κ1) is 11.7. The van der Waals surface area contributed by atoms with Crippen molar-refractivity contribution in [2.75, 3.05) is 18.1 Å². The molecule has 0 rings (SSSR count). The Morgan fingerprint density at radius 2 is 2.33 bits per heavy atom. The topological polar surface area (TPSA) is 81.1 Å². The van der Waals surface area contributed by atoms with Gasteiger partial charge in [0.1, 0.15) is 0 Å². The second kappa shape index (κ2) is 7.39. The van der Waals surface area contributed by atoms with Gasteiger partial charge in [0.15, 0.2) is 0 Å². The highest BCUT2D eigenvalue weighted by Gasteiger charge is 2.10. The lowest BCUT2D eigenvalue weighted by molar-refractivity contribution is -0.123. The Labute approximate surface area is 77.4 Å². The van der Waals surface area contributed by atoms with Crippen LogP contribution in [0.2, 0.25) is 0 Å². The van der Waals surface area contributed by atoms with Crippen molar-refractivity contribution in [1.82, 2.24) is 5.43 Å². The molecule has 0 aromatic heterocycles. The van der Waals surface area contributed by atoms with Crippen LogP contribution in [0.5, 0.6) is 0 Å². The summed E-state index contributed by atoms with van der Waals surface area (Å²) >= 11 is 1.73. The molecule has 0 aromatic carbocycles. The summed E-state index contributed by atoms with van der Waals surface area (Å²) < 4.78 is 0. The summed E-state index contributed by atoms with van der Waals surface area (Å²) in [7, 11) is 0. The van der Waals surface area contributed by atoms with Crippen LogP contribution in [-0.2, 0) is 4.79 Å². The van der Waals surface area contributed by atoms with E-state index in [0.717, 1.165) is 17.9 Å². The Balaban J connectivity index is 3.31. The van der Waals surface area contributed by atoms with Crippen molar-refractivity contribution in [1.29, 1.82) is 0 Å². The smallest absolute Gasteiger partial charge is 0.237 e. The van der Waals surface area contributed by atoms with E-state index in [1.54, 1.807) is 11.8 Å². The van der Waals surface area contributed by atoms with E-state index >= 15 is 0 Å². The van der Waals surface area contributed by atoms with Gasteiger partial charge in [0.2, 0.25) is 5.91 Å². The van der Waals surface area contributed by atoms with Crippen molar-refractivity contribution >= 4 is 17.7 Å². The lowest BCUT2D eigenvalue weighted by Crippen LogP contribution is -2.35. The van der Waals surface area contributed by atoms with Gasteiger partial charge >= 0.3 is 0 Å². The highest BCUT2D eigenvalue weighted by Crippen LogP contribution is 2.08. The number of carbonyl (C=O) groups is 1. The van der Waals surface area contributed by atoms with Crippen molar-refractivity contribution in [3.05, 3.63) is 0 Å². The van der Waals surface area contributed by atoms with E-state index in [1.165, 1.54) is 0 Å². The molecule has 0 aliphatic rings. The Hall–Kier alpha value is -0.260. The van der Waals surface area contributed by atoms with E-state index in [9.17, 15) is 4.79 Å². The van der Waals surface area contributed by atoms with Crippen molar-refractivity contribution in [3.63, 3.8) is 0 Å². The minimum Gasteiger partial charge on any atom is -0.330 e. The van der Waals surface area contributed by atoms with Gasteiger partial charge in [0.05, 0.1) is 0 Å². The molecule has 12 heavy (non-hydrogen) atoms. The average Bonchev–Trinajstić information content (AvgIpc) is 2.10. The van der Waals surface area contributed by atoms with Gasteiger partial charge in [0, 0.05) is 11.7 Å². The number of nitrogens with two attached hydrogens (primary N) is 2. The number of hydrazine groups is 1. The van der Waals surface area contributed by atoms with Crippen LogP contribution in [0.4, 0.5) is 0 Å². The first-order valence-electron chi connectivity index (χ1n) is 4.00. The predicted octanol–water partition coefficient (Wildman–Crippen LogP) is -0.306. The van der Waals surface area contributed by atoms with Crippen LogP contribution in [0.3, 0.4) is 0 Å². The maximum Gasteiger partial charge on any atom is 0.237 e. The molecule has 1 unspecified atom stereocenters. The quantitative estimate of drug-likeness (QED) is 0.233. The third-order valence-corrected chi connectivity index (χ3v) is 2.76. The Morgan fingerprint density at radius 1 is 1.67 bits per heavy atom. The molecular weight excluding hydrogens is 174 g/mol. The zero-order chi connectivity index (χ0) is 9.40. The van der Waals surface area contributed by atoms with Gasteiger partial charge in [-0.2, -0.15) is 11.8 Å². The molecule has 72 valence electrons. The molecule has 0 aliphatic heterocycles. The van der Waals surface area contributed by atoms with E-state index in [2.05, 4.69) is 5.43 Å². The summed E-state index contributed by atoms with van der Waals surface area (Å²) in [4.78, 5) is 10.9. The number of hydrogen-bond acceptors (Lipinski definition) is 4. The third kappa shape index (κ3) is 5.40. The van der Waals surface area contributed by atoms with E-state index in [-0.39, 0.29) is 11.8 Å². The molecule has 4 nitrogen and oxygen atoms in total. The van der Waals surface area contributed by atoms with Gasteiger partial charge < -0.3 is 5.73 Å². The molecule has 0 saturated heterocycles. The third-order valence-electron chi connectivity index (χ3n) is 1.45. The van der Waals surface area contributed by atoms with Crippen molar-refractivity contribution < 1.29 is 4.79 Å². The second-order valence-corrected chi connectivity index (χ2v) is 3.78. The minimum atomic E-state index is -0.102. The molecule has 0 aliphatic carbocycles. The maximum atomic E-state index is 10.9.